The second kappa shape index (κ2) is 5.19. The molecule has 0 unspecified atom stereocenters. The molecular weight excluding hydrogens is 274 g/mol. The van der Waals surface area contributed by atoms with Crippen LogP contribution in [0.4, 0.5) is 5.69 Å². The molecule has 2 rings (SSSR count). The highest BCUT2D eigenvalue weighted by molar-refractivity contribution is 7.99. The predicted octanol–water partition coefficient (Wildman–Crippen LogP) is 3.51. The zero-order valence-corrected chi connectivity index (χ0v) is 10.5. The van der Waals surface area contributed by atoms with Gasteiger partial charge in [-0.15, -0.1) is 0 Å². The maximum absolute atomic E-state index is 10.9. The molecule has 0 aliphatic carbocycles. The van der Waals surface area contributed by atoms with Crippen molar-refractivity contribution in [3.8, 4) is 0 Å². The molecule has 0 bridgehead atoms. The van der Waals surface area contributed by atoms with Gasteiger partial charge < -0.3 is 5.11 Å². The Bertz CT molecular complexity index is 591. The summed E-state index contributed by atoms with van der Waals surface area (Å²) in [5, 5.41) is 22.8. The van der Waals surface area contributed by atoms with Crippen molar-refractivity contribution in [2.75, 3.05) is 0 Å². The standard InChI is InChI=1S/C11H7NO4S2/c13-11(14)9-5-17-6-10(9)18-8-3-1-7(2-4-8)12(15)16/h1-6H,(H,13,14). The van der Waals surface area contributed by atoms with E-state index in [9.17, 15) is 14.9 Å². The van der Waals surface area contributed by atoms with Crippen LogP contribution in [0.25, 0.3) is 0 Å². The fourth-order valence-electron chi connectivity index (χ4n) is 1.28. The Morgan fingerprint density at radius 3 is 2.50 bits per heavy atom. The lowest BCUT2D eigenvalue weighted by Crippen LogP contribution is -1.94. The molecule has 0 aliphatic heterocycles. The molecule has 7 heteroatoms. The minimum Gasteiger partial charge on any atom is -0.478 e. The van der Waals surface area contributed by atoms with Crippen LogP contribution in [-0.4, -0.2) is 16.0 Å². The predicted molar refractivity (Wildman–Crippen MR) is 68.5 cm³/mol. The Morgan fingerprint density at radius 2 is 1.94 bits per heavy atom. The van der Waals surface area contributed by atoms with Crippen LogP contribution in [0.15, 0.2) is 44.8 Å². The van der Waals surface area contributed by atoms with Crippen molar-refractivity contribution < 1.29 is 14.8 Å². The fourth-order valence-corrected chi connectivity index (χ4v) is 3.18. The summed E-state index contributed by atoms with van der Waals surface area (Å²) in [7, 11) is 0. The van der Waals surface area contributed by atoms with Gasteiger partial charge in [0.05, 0.1) is 10.5 Å². The molecule has 0 atom stereocenters. The number of carboxylic acid groups (broad SMARTS) is 1. The molecule has 1 aromatic heterocycles. The summed E-state index contributed by atoms with van der Waals surface area (Å²) in [5.74, 6) is -0.972. The molecule has 1 N–H and O–H groups in total. The molecule has 18 heavy (non-hydrogen) atoms. The quantitative estimate of drug-likeness (QED) is 0.685. The van der Waals surface area contributed by atoms with Gasteiger partial charge in [0.15, 0.2) is 0 Å². The van der Waals surface area contributed by atoms with Crippen molar-refractivity contribution >= 4 is 34.8 Å². The molecule has 2 aromatic rings. The van der Waals surface area contributed by atoms with E-state index in [1.54, 1.807) is 22.9 Å². The van der Waals surface area contributed by atoms with E-state index in [0.29, 0.717) is 4.90 Å². The van der Waals surface area contributed by atoms with Gasteiger partial charge in [-0.05, 0) is 12.1 Å². The van der Waals surface area contributed by atoms with Crippen LogP contribution in [0.2, 0.25) is 0 Å². The SMILES string of the molecule is O=C(O)c1cscc1Sc1ccc([N+](=O)[O-])cc1. The lowest BCUT2D eigenvalue weighted by Gasteiger charge is -2.00. The van der Waals surface area contributed by atoms with Crippen LogP contribution in [-0.2, 0) is 0 Å². The third-order valence-electron chi connectivity index (χ3n) is 2.13. The lowest BCUT2D eigenvalue weighted by atomic mass is 10.3. The van der Waals surface area contributed by atoms with Crippen molar-refractivity contribution in [2.24, 2.45) is 0 Å². The first-order valence-corrected chi connectivity index (χ1v) is 6.55. The molecule has 0 amide bonds. The third kappa shape index (κ3) is 2.69. The maximum Gasteiger partial charge on any atom is 0.337 e. The number of non-ortho nitro benzene ring substituents is 1. The Labute approximate surface area is 110 Å². The van der Waals surface area contributed by atoms with Crippen molar-refractivity contribution in [2.45, 2.75) is 9.79 Å². The Hall–Kier alpha value is -1.86. The van der Waals surface area contributed by atoms with Crippen molar-refractivity contribution in [3.63, 3.8) is 0 Å². The molecule has 0 spiro atoms. The van der Waals surface area contributed by atoms with Crippen LogP contribution < -0.4 is 0 Å². The fraction of sp³-hybridized carbons (Fsp3) is 0. The number of hydrogen-bond acceptors (Lipinski definition) is 5. The van der Waals surface area contributed by atoms with E-state index >= 15 is 0 Å². The Balaban J connectivity index is 2.21. The first-order chi connectivity index (χ1) is 8.58. The normalized spacial score (nSPS) is 10.2. The smallest absolute Gasteiger partial charge is 0.337 e. The molecule has 5 nitrogen and oxygen atoms in total. The molecular formula is C11H7NO4S2. The Morgan fingerprint density at radius 1 is 1.28 bits per heavy atom. The number of nitro groups is 1. The number of carbonyl (C=O) groups is 1. The molecule has 0 saturated heterocycles. The lowest BCUT2D eigenvalue weighted by molar-refractivity contribution is -0.384. The summed E-state index contributed by atoms with van der Waals surface area (Å²) in [5.41, 5.74) is 0.270. The van der Waals surface area contributed by atoms with Crippen LogP contribution in [0, 0.1) is 10.1 Å². The van der Waals surface area contributed by atoms with E-state index in [4.69, 9.17) is 5.11 Å². The summed E-state index contributed by atoms with van der Waals surface area (Å²) in [6, 6.07) is 6.00. The minimum absolute atomic E-state index is 0.0168. The summed E-state index contributed by atoms with van der Waals surface area (Å²) in [4.78, 5) is 22.4. The molecule has 0 aliphatic rings. The topological polar surface area (TPSA) is 80.4 Å². The van der Waals surface area contributed by atoms with E-state index in [-0.39, 0.29) is 11.3 Å². The highest BCUT2D eigenvalue weighted by Crippen LogP contribution is 2.33. The average Bonchev–Trinajstić information content (AvgIpc) is 2.78. The van der Waals surface area contributed by atoms with E-state index < -0.39 is 10.9 Å². The summed E-state index contributed by atoms with van der Waals surface area (Å²) in [6.45, 7) is 0. The van der Waals surface area contributed by atoms with E-state index in [2.05, 4.69) is 0 Å². The molecule has 1 aromatic carbocycles. The number of nitrogens with zero attached hydrogens (tertiary/aromatic N) is 1. The number of nitro benzene ring substituents is 1. The van der Waals surface area contributed by atoms with Gasteiger partial charge in [0.1, 0.15) is 0 Å². The molecule has 0 saturated carbocycles. The number of rotatable bonds is 4. The first kappa shape index (κ1) is 12.6. The van der Waals surface area contributed by atoms with Crippen molar-refractivity contribution in [1.29, 1.82) is 0 Å². The van der Waals surface area contributed by atoms with E-state index in [0.717, 1.165) is 4.90 Å². The van der Waals surface area contributed by atoms with E-state index in [1.807, 2.05) is 0 Å². The monoisotopic (exact) mass is 281 g/mol. The Kier molecular flexibility index (Phi) is 3.63. The van der Waals surface area contributed by atoms with Gasteiger partial charge in [0, 0.05) is 32.7 Å². The number of thiophene rings is 1. The highest BCUT2D eigenvalue weighted by Gasteiger charge is 2.12. The summed E-state index contributed by atoms with van der Waals surface area (Å²) >= 11 is 2.59. The average molecular weight is 281 g/mol. The zero-order chi connectivity index (χ0) is 13.1. The number of aromatic carboxylic acids is 1. The first-order valence-electron chi connectivity index (χ1n) is 4.79. The highest BCUT2D eigenvalue weighted by atomic mass is 32.2. The minimum atomic E-state index is -0.972. The zero-order valence-electron chi connectivity index (χ0n) is 8.90. The maximum atomic E-state index is 10.9. The number of carboxylic acids is 1. The van der Waals surface area contributed by atoms with Crippen LogP contribution in [0.3, 0.4) is 0 Å². The second-order valence-electron chi connectivity index (χ2n) is 3.31. The molecule has 1 heterocycles. The molecule has 0 fully saturated rings. The van der Waals surface area contributed by atoms with Crippen molar-refractivity contribution in [3.05, 3.63) is 50.7 Å². The summed E-state index contributed by atoms with van der Waals surface area (Å²) < 4.78 is 0. The molecule has 92 valence electrons. The summed E-state index contributed by atoms with van der Waals surface area (Å²) in [6.07, 6.45) is 0. The number of hydrogen-bond donors (Lipinski definition) is 1. The van der Waals surface area contributed by atoms with Crippen LogP contribution >= 0.6 is 23.1 Å². The van der Waals surface area contributed by atoms with Gasteiger partial charge in [-0.3, -0.25) is 10.1 Å². The van der Waals surface area contributed by atoms with Crippen LogP contribution in [0.5, 0.6) is 0 Å². The largest absolute Gasteiger partial charge is 0.478 e. The van der Waals surface area contributed by atoms with Crippen LogP contribution in [0.1, 0.15) is 10.4 Å². The van der Waals surface area contributed by atoms with E-state index in [1.165, 1.54) is 35.2 Å². The third-order valence-corrected chi connectivity index (χ3v) is 4.09. The van der Waals surface area contributed by atoms with Gasteiger partial charge in [-0.25, -0.2) is 4.79 Å². The second-order valence-corrected chi connectivity index (χ2v) is 5.17. The molecule has 0 radical (unpaired) electrons. The van der Waals surface area contributed by atoms with Gasteiger partial charge in [-0.1, -0.05) is 11.8 Å². The number of benzene rings is 1. The van der Waals surface area contributed by atoms with Gasteiger partial charge >= 0.3 is 5.97 Å². The van der Waals surface area contributed by atoms with Gasteiger partial charge in [0.2, 0.25) is 0 Å². The van der Waals surface area contributed by atoms with Gasteiger partial charge in [0.25, 0.3) is 5.69 Å². The van der Waals surface area contributed by atoms with Gasteiger partial charge in [-0.2, -0.15) is 11.3 Å². The van der Waals surface area contributed by atoms with Crippen molar-refractivity contribution in [1.82, 2.24) is 0 Å².